The van der Waals surface area contributed by atoms with E-state index in [2.05, 4.69) is 23.1 Å². The van der Waals surface area contributed by atoms with Crippen molar-refractivity contribution in [3.63, 3.8) is 0 Å². The van der Waals surface area contributed by atoms with Crippen LogP contribution in [0.1, 0.15) is 13.8 Å². The van der Waals surface area contributed by atoms with Crippen LogP contribution in [0.25, 0.3) is 0 Å². The molecule has 0 aliphatic rings. The lowest BCUT2D eigenvalue weighted by molar-refractivity contribution is 0.168. The molecule has 0 atom stereocenters. The van der Waals surface area contributed by atoms with Crippen molar-refractivity contribution in [2.75, 3.05) is 23.7 Å². The highest BCUT2D eigenvalue weighted by molar-refractivity contribution is 5.37. The Morgan fingerprint density at radius 2 is 1.83 bits per heavy atom. The molecule has 7 nitrogen and oxygen atoms in total. The summed E-state index contributed by atoms with van der Waals surface area (Å²) in [6, 6.07) is 0. The van der Waals surface area contributed by atoms with Crippen molar-refractivity contribution in [2.45, 2.75) is 13.8 Å². The molecule has 0 amide bonds. The summed E-state index contributed by atoms with van der Waals surface area (Å²) in [6.07, 6.45) is 0. The lowest BCUT2D eigenvalue weighted by Gasteiger charge is -2.23. The third-order valence-electron chi connectivity index (χ3n) is 2.04. The number of aromatic nitrogens is 3. The number of nitrogen functional groups attached to an aromatic ring is 1. The number of rotatable bonds is 5. The molecule has 98 valence electrons. The predicted molar refractivity (Wildman–Crippen MR) is 69.3 cm³/mol. The minimum atomic E-state index is -0.370. The fourth-order valence-electron chi connectivity index (χ4n) is 1.42. The van der Waals surface area contributed by atoms with Crippen molar-refractivity contribution < 1.29 is 5.21 Å². The third-order valence-corrected chi connectivity index (χ3v) is 2.04. The van der Waals surface area contributed by atoms with E-state index in [4.69, 9.17) is 11.1 Å². The zero-order valence-corrected chi connectivity index (χ0v) is 10.6. The maximum atomic E-state index is 9.30. The van der Waals surface area contributed by atoms with Gasteiger partial charge in [-0.1, -0.05) is 24.3 Å². The topological polar surface area (TPSA) is 104 Å². The second-order valence-electron chi connectivity index (χ2n) is 4.29. The molecule has 0 bridgehead atoms. The first-order valence-corrected chi connectivity index (χ1v) is 5.35. The molecule has 7 heteroatoms. The zero-order valence-electron chi connectivity index (χ0n) is 10.6. The molecule has 1 heterocycles. The number of nitrogens with zero attached hydrogens (tertiary/aromatic N) is 4. The van der Waals surface area contributed by atoms with Gasteiger partial charge in [0, 0.05) is 13.1 Å². The van der Waals surface area contributed by atoms with E-state index in [9.17, 15) is 5.21 Å². The average molecular weight is 250 g/mol. The molecular weight excluding hydrogens is 232 g/mol. The van der Waals surface area contributed by atoms with Gasteiger partial charge in [0.25, 0.3) is 5.62 Å². The summed E-state index contributed by atoms with van der Waals surface area (Å²) < 4.78 is 0.420. The zero-order chi connectivity index (χ0) is 13.9. The van der Waals surface area contributed by atoms with Crippen molar-refractivity contribution in [3.05, 3.63) is 29.9 Å². The van der Waals surface area contributed by atoms with E-state index in [-0.39, 0.29) is 17.5 Å². The monoisotopic (exact) mass is 250 g/mol. The highest BCUT2D eigenvalue weighted by atomic mass is 16.5. The van der Waals surface area contributed by atoms with Gasteiger partial charge >= 0.3 is 0 Å². The van der Waals surface area contributed by atoms with Gasteiger partial charge in [0.2, 0.25) is 11.9 Å². The van der Waals surface area contributed by atoms with Gasteiger partial charge in [-0.15, -0.1) is 4.73 Å². The molecule has 0 radical (unpaired) electrons. The molecule has 0 saturated carbocycles. The Morgan fingerprint density at radius 1 is 1.33 bits per heavy atom. The number of hydrogen-bond donors (Lipinski definition) is 3. The van der Waals surface area contributed by atoms with Crippen molar-refractivity contribution in [1.29, 1.82) is 5.41 Å². The van der Waals surface area contributed by atoms with Gasteiger partial charge in [-0.25, -0.2) is 0 Å². The van der Waals surface area contributed by atoms with Crippen molar-refractivity contribution in [2.24, 2.45) is 0 Å². The van der Waals surface area contributed by atoms with Gasteiger partial charge in [-0.2, -0.15) is 9.97 Å². The smallest absolute Gasteiger partial charge is 0.262 e. The van der Waals surface area contributed by atoms with Gasteiger partial charge in [-0.3, -0.25) is 5.41 Å². The Bertz CT molecular complexity index is 517. The SMILES string of the molecule is C=C(C)CN(CC(=C)C)c1nc(N)n(O)c(=N)n1. The van der Waals surface area contributed by atoms with Crippen LogP contribution in [0.4, 0.5) is 11.9 Å². The number of anilines is 2. The van der Waals surface area contributed by atoms with Crippen LogP contribution in [-0.4, -0.2) is 33.0 Å². The Hall–Kier alpha value is -2.31. The molecule has 0 fully saturated rings. The summed E-state index contributed by atoms with van der Waals surface area (Å²) in [6.45, 7) is 12.5. The Labute approximate surface area is 105 Å². The molecule has 18 heavy (non-hydrogen) atoms. The van der Waals surface area contributed by atoms with Crippen molar-refractivity contribution in [3.8, 4) is 0 Å². The van der Waals surface area contributed by atoms with E-state index in [1.165, 1.54) is 0 Å². The second kappa shape index (κ2) is 5.35. The van der Waals surface area contributed by atoms with Crippen LogP contribution in [0.5, 0.6) is 0 Å². The molecule has 0 unspecified atom stereocenters. The van der Waals surface area contributed by atoms with Crippen LogP contribution < -0.4 is 16.3 Å². The Morgan fingerprint density at radius 3 is 2.22 bits per heavy atom. The van der Waals surface area contributed by atoms with Gasteiger partial charge in [0.1, 0.15) is 0 Å². The van der Waals surface area contributed by atoms with Crippen LogP contribution in [0.15, 0.2) is 24.3 Å². The molecule has 4 N–H and O–H groups in total. The van der Waals surface area contributed by atoms with Crippen LogP contribution in [0.2, 0.25) is 0 Å². The third kappa shape index (κ3) is 3.34. The Kier molecular flexibility index (Phi) is 4.09. The summed E-state index contributed by atoms with van der Waals surface area (Å²) in [5, 5.41) is 16.8. The molecule has 0 aliphatic carbocycles. The van der Waals surface area contributed by atoms with Crippen LogP contribution in [0, 0.1) is 5.41 Å². The van der Waals surface area contributed by atoms with E-state index in [1.54, 1.807) is 4.90 Å². The first kappa shape index (κ1) is 13.8. The first-order chi connectivity index (χ1) is 8.31. The summed E-state index contributed by atoms with van der Waals surface area (Å²) >= 11 is 0. The first-order valence-electron chi connectivity index (χ1n) is 5.35. The molecule has 0 aliphatic heterocycles. The Balaban J connectivity index is 3.16. The molecule has 1 aromatic rings. The van der Waals surface area contributed by atoms with E-state index in [0.29, 0.717) is 17.8 Å². The summed E-state index contributed by atoms with van der Waals surface area (Å²) in [7, 11) is 0. The lowest BCUT2D eigenvalue weighted by Crippen LogP contribution is -2.34. The van der Waals surface area contributed by atoms with E-state index in [1.807, 2.05) is 13.8 Å². The maximum absolute atomic E-state index is 9.30. The highest BCUT2D eigenvalue weighted by Gasteiger charge is 2.12. The summed E-state index contributed by atoms with van der Waals surface area (Å²) in [5.74, 6) is 0.0900. The number of nitrogens with two attached hydrogens (primary N) is 1. The van der Waals surface area contributed by atoms with E-state index < -0.39 is 0 Å². The van der Waals surface area contributed by atoms with Crippen LogP contribution >= 0.6 is 0 Å². The summed E-state index contributed by atoms with van der Waals surface area (Å²) in [4.78, 5) is 9.61. The predicted octanol–water partition coefficient (Wildman–Crippen LogP) is 0.536. The van der Waals surface area contributed by atoms with Gasteiger partial charge in [-0.05, 0) is 13.8 Å². The normalized spacial score (nSPS) is 10.1. The van der Waals surface area contributed by atoms with E-state index >= 15 is 0 Å². The average Bonchev–Trinajstić information content (AvgIpc) is 2.23. The molecule has 0 spiro atoms. The van der Waals surface area contributed by atoms with Crippen LogP contribution in [0.3, 0.4) is 0 Å². The van der Waals surface area contributed by atoms with Gasteiger partial charge in [0.15, 0.2) is 0 Å². The number of hydrogen-bond acceptors (Lipinski definition) is 6. The van der Waals surface area contributed by atoms with Gasteiger partial charge < -0.3 is 15.8 Å². The largest absolute Gasteiger partial charge is 0.422 e. The summed E-state index contributed by atoms with van der Waals surface area (Å²) in [5.41, 5.74) is 6.97. The van der Waals surface area contributed by atoms with E-state index in [0.717, 1.165) is 11.1 Å². The maximum Gasteiger partial charge on any atom is 0.262 e. The fourth-order valence-corrected chi connectivity index (χ4v) is 1.42. The minimum absolute atomic E-state index is 0.182. The molecule has 0 aromatic carbocycles. The van der Waals surface area contributed by atoms with Gasteiger partial charge in [0.05, 0.1) is 0 Å². The van der Waals surface area contributed by atoms with Crippen LogP contribution in [-0.2, 0) is 0 Å². The highest BCUT2D eigenvalue weighted by Crippen LogP contribution is 2.10. The molecule has 1 aromatic heterocycles. The molecular formula is C11H18N6O. The lowest BCUT2D eigenvalue weighted by atomic mass is 10.3. The molecule has 1 rings (SSSR count). The quantitative estimate of drug-likeness (QED) is 0.522. The van der Waals surface area contributed by atoms with Crippen molar-refractivity contribution >= 4 is 11.9 Å². The second-order valence-corrected chi connectivity index (χ2v) is 4.29. The number of nitrogens with one attached hydrogen (secondary N) is 1. The minimum Gasteiger partial charge on any atom is -0.422 e. The fraction of sp³-hybridized carbons (Fsp3) is 0.364. The van der Waals surface area contributed by atoms with Crippen molar-refractivity contribution in [1.82, 2.24) is 14.7 Å². The standard InChI is InChI=1S/C11H18N6O/c1-7(2)5-16(6-8(3)4)11-14-9(12)17(18)10(13)15-11/h18H,1,3,5-6H2,2,4H3,(H3,12,13,14,15). The molecule has 0 saturated heterocycles.